The first-order valence-corrected chi connectivity index (χ1v) is 7.85. The summed E-state index contributed by atoms with van der Waals surface area (Å²) in [7, 11) is 0. The Labute approximate surface area is 136 Å². The molecule has 0 amide bonds. The van der Waals surface area contributed by atoms with Crippen LogP contribution in [0.2, 0.25) is 9.62 Å². The lowest BCUT2D eigenvalue weighted by Crippen LogP contribution is -2.28. The number of thiazole rings is 1. The fourth-order valence-corrected chi connectivity index (χ4v) is 3.85. The number of nitrogens with zero attached hydrogens (tertiary/aromatic N) is 1. The van der Waals surface area contributed by atoms with Gasteiger partial charge in [0.1, 0.15) is 5.15 Å². The minimum absolute atomic E-state index is 0.222. The molecule has 0 atom stereocenters. The van der Waals surface area contributed by atoms with E-state index in [1.807, 2.05) is 60.7 Å². The molecular formula is C16H11Cl2NOS. The van der Waals surface area contributed by atoms with Crippen LogP contribution < -0.4 is 0 Å². The van der Waals surface area contributed by atoms with E-state index >= 15 is 0 Å². The summed E-state index contributed by atoms with van der Waals surface area (Å²) in [5.74, 6) is 0. The zero-order valence-corrected chi connectivity index (χ0v) is 13.2. The van der Waals surface area contributed by atoms with Gasteiger partial charge in [-0.3, -0.25) is 0 Å². The topological polar surface area (TPSA) is 33.1 Å². The molecule has 2 aromatic carbocycles. The van der Waals surface area contributed by atoms with E-state index in [0.717, 1.165) is 11.1 Å². The number of benzene rings is 2. The van der Waals surface area contributed by atoms with Crippen molar-refractivity contribution in [1.29, 1.82) is 0 Å². The monoisotopic (exact) mass is 335 g/mol. The second kappa shape index (κ2) is 5.78. The second-order valence-corrected chi connectivity index (χ2v) is 6.47. The maximum Gasteiger partial charge on any atom is 0.185 e. The quantitative estimate of drug-likeness (QED) is 0.750. The van der Waals surface area contributed by atoms with Gasteiger partial charge < -0.3 is 5.11 Å². The summed E-state index contributed by atoms with van der Waals surface area (Å²) in [6.45, 7) is 0. The van der Waals surface area contributed by atoms with Crippen molar-refractivity contribution >= 4 is 34.5 Å². The molecule has 1 aromatic heterocycles. The van der Waals surface area contributed by atoms with E-state index in [0.29, 0.717) is 9.34 Å². The van der Waals surface area contributed by atoms with Gasteiger partial charge in [-0.25, -0.2) is 4.98 Å². The zero-order valence-electron chi connectivity index (χ0n) is 10.8. The molecule has 2 nitrogen and oxygen atoms in total. The molecule has 0 bridgehead atoms. The molecule has 5 heteroatoms. The molecule has 106 valence electrons. The van der Waals surface area contributed by atoms with Crippen LogP contribution in [-0.2, 0) is 5.60 Å². The molecule has 3 rings (SSSR count). The molecule has 0 aliphatic carbocycles. The van der Waals surface area contributed by atoms with Crippen LogP contribution in [0.3, 0.4) is 0 Å². The van der Waals surface area contributed by atoms with Crippen LogP contribution in [0.1, 0.15) is 16.0 Å². The van der Waals surface area contributed by atoms with Gasteiger partial charge in [0.15, 0.2) is 10.1 Å². The third-order valence-corrected chi connectivity index (χ3v) is 4.93. The van der Waals surface area contributed by atoms with Gasteiger partial charge in [0.25, 0.3) is 0 Å². The van der Waals surface area contributed by atoms with Gasteiger partial charge in [-0.2, -0.15) is 0 Å². The Morgan fingerprint density at radius 3 is 1.71 bits per heavy atom. The summed E-state index contributed by atoms with van der Waals surface area (Å²) in [5.41, 5.74) is 0.0709. The Morgan fingerprint density at radius 1 is 0.857 bits per heavy atom. The van der Waals surface area contributed by atoms with Gasteiger partial charge in [0.05, 0.1) is 4.88 Å². The maximum atomic E-state index is 11.4. The summed E-state index contributed by atoms with van der Waals surface area (Å²) in [6.07, 6.45) is 0. The van der Waals surface area contributed by atoms with Gasteiger partial charge in [-0.15, -0.1) is 11.3 Å². The molecule has 21 heavy (non-hydrogen) atoms. The summed E-state index contributed by atoms with van der Waals surface area (Å²) >= 11 is 13.3. The van der Waals surface area contributed by atoms with E-state index in [2.05, 4.69) is 4.98 Å². The third kappa shape index (κ3) is 2.58. The number of halogens is 2. The Balaban J connectivity index is 2.28. The van der Waals surface area contributed by atoms with Crippen molar-refractivity contribution in [3.05, 3.63) is 86.3 Å². The van der Waals surface area contributed by atoms with Crippen molar-refractivity contribution in [2.75, 3.05) is 0 Å². The number of aromatic nitrogens is 1. The van der Waals surface area contributed by atoms with E-state index in [1.54, 1.807) is 0 Å². The van der Waals surface area contributed by atoms with Crippen LogP contribution >= 0.6 is 34.5 Å². The maximum absolute atomic E-state index is 11.4. The van der Waals surface area contributed by atoms with Crippen molar-refractivity contribution in [2.24, 2.45) is 0 Å². The lowest BCUT2D eigenvalue weighted by molar-refractivity contribution is 0.129. The van der Waals surface area contributed by atoms with Crippen molar-refractivity contribution in [2.45, 2.75) is 5.60 Å². The van der Waals surface area contributed by atoms with Gasteiger partial charge in [-0.1, -0.05) is 83.9 Å². The highest BCUT2D eigenvalue weighted by Gasteiger charge is 2.38. The van der Waals surface area contributed by atoms with Crippen LogP contribution in [-0.4, -0.2) is 10.1 Å². The van der Waals surface area contributed by atoms with Crippen LogP contribution in [0.5, 0.6) is 0 Å². The molecule has 1 N–H and O–H groups in total. The first-order valence-electron chi connectivity index (χ1n) is 6.28. The van der Waals surface area contributed by atoms with Crippen LogP contribution in [0.15, 0.2) is 60.7 Å². The summed E-state index contributed by atoms with van der Waals surface area (Å²) in [6, 6.07) is 18.7. The molecule has 0 unspecified atom stereocenters. The fourth-order valence-electron chi connectivity index (χ4n) is 2.29. The smallest absolute Gasteiger partial charge is 0.185 e. The molecule has 0 aliphatic heterocycles. The second-order valence-electron chi connectivity index (χ2n) is 4.53. The van der Waals surface area contributed by atoms with E-state index in [9.17, 15) is 5.11 Å². The fraction of sp³-hybridized carbons (Fsp3) is 0.0625. The zero-order chi connectivity index (χ0) is 14.9. The Morgan fingerprint density at radius 2 is 1.33 bits per heavy atom. The first-order chi connectivity index (χ1) is 10.1. The van der Waals surface area contributed by atoms with Crippen LogP contribution in [0, 0.1) is 0 Å². The minimum atomic E-state index is -1.37. The van der Waals surface area contributed by atoms with E-state index in [-0.39, 0.29) is 5.15 Å². The predicted molar refractivity (Wildman–Crippen MR) is 87.1 cm³/mol. The molecular weight excluding hydrogens is 325 g/mol. The first kappa shape index (κ1) is 14.5. The van der Waals surface area contributed by atoms with Crippen LogP contribution in [0.4, 0.5) is 0 Å². The SMILES string of the molecule is OC(c1ccccc1)(c1ccccc1)c1sc(Cl)nc1Cl. The Hall–Kier alpha value is -1.39. The van der Waals surface area contributed by atoms with E-state index in [4.69, 9.17) is 23.2 Å². The number of aliphatic hydroxyl groups is 1. The Kier molecular flexibility index (Phi) is 4.00. The van der Waals surface area contributed by atoms with Crippen molar-refractivity contribution < 1.29 is 5.11 Å². The number of rotatable bonds is 3. The average molecular weight is 336 g/mol. The molecule has 3 aromatic rings. The summed E-state index contributed by atoms with van der Waals surface area (Å²) in [5, 5.41) is 11.7. The highest BCUT2D eigenvalue weighted by atomic mass is 35.5. The summed E-state index contributed by atoms with van der Waals surface area (Å²) in [4.78, 5) is 4.54. The predicted octanol–water partition coefficient (Wildman–Crippen LogP) is 4.73. The van der Waals surface area contributed by atoms with Crippen molar-refractivity contribution in [3.63, 3.8) is 0 Å². The van der Waals surface area contributed by atoms with Crippen molar-refractivity contribution in [3.8, 4) is 0 Å². The summed E-state index contributed by atoms with van der Waals surface area (Å²) < 4.78 is 0.306. The molecule has 0 saturated heterocycles. The van der Waals surface area contributed by atoms with Gasteiger partial charge >= 0.3 is 0 Å². The molecule has 0 fully saturated rings. The Bertz CT molecular complexity index is 704. The number of hydrogen-bond acceptors (Lipinski definition) is 3. The largest absolute Gasteiger partial charge is 0.375 e. The standard InChI is InChI=1S/C16H11Cl2NOS/c17-14-13(21-15(18)19-14)16(20,11-7-3-1-4-8-11)12-9-5-2-6-10-12/h1-10,20H. The van der Waals surface area contributed by atoms with E-state index in [1.165, 1.54) is 11.3 Å². The third-order valence-electron chi connectivity index (χ3n) is 3.27. The molecule has 0 saturated carbocycles. The van der Waals surface area contributed by atoms with Gasteiger partial charge in [-0.05, 0) is 11.1 Å². The average Bonchev–Trinajstić information content (AvgIpc) is 2.87. The lowest BCUT2D eigenvalue weighted by Gasteiger charge is -2.28. The molecule has 0 spiro atoms. The van der Waals surface area contributed by atoms with Crippen LogP contribution in [0.25, 0.3) is 0 Å². The van der Waals surface area contributed by atoms with Gasteiger partial charge in [0, 0.05) is 0 Å². The minimum Gasteiger partial charge on any atom is -0.375 e. The number of hydrogen-bond donors (Lipinski definition) is 1. The van der Waals surface area contributed by atoms with Gasteiger partial charge in [0.2, 0.25) is 0 Å². The molecule has 1 heterocycles. The lowest BCUT2D eigenvalue weighted by atomic mass is 9.85. The normalized spacial score (nSPS) is 11.6. The van der Waals surface area contributed by atoms with E-state index < -0.39 is 5.60 Å². The highest BCUT2D eigenvalue weighted by Crippen LogP contribution is 2.43. The highest BCUT2D eigenvalue weighted by molar-refractivity contribution is 7.16. The molecule has 0 aliphatic rings. The molecule has 0 radical (unpaired) electrons. The van der Waals surface area contributed by atoms with Crippen molar-refractivity contribution in [1.82, 2.24) is 4.98 Å².